The molecule has 0 aliphatic heterocycles. The van der Waals surface area contributed by atoms with Crippen LogP contribution in [-0.4, -0.2) is 23.9 Å². The zero-order chi connectivity index (χ0) is 15.8. The van der Waals surface area contributed by atoms with E-state index in [-0.39, 0.29) is 23.9 Å². The van der Waals surface area contributed by atoms with Gasteiger partial charge in [0, 0.05) is 18.5 Å². The first-order valence-electron chi connectivity index (χ1n) is 7.39. The molecule has 0 saturated heterocycles. The van der Waals surface area contributed by atoms with E-state index in [1.54, 1.807) is 24.3 Å². The minimum absolute atomic E-state index is 0.0142. The predicted octanol–water partition coefficient (Wildman–Crippen LogP) is 2.28. The van der Waals surface area contributed by atoms with Gasteiger partial charge in [0.05, 0.1) is 11.3 Å². The highest BCUT2D eigenvalue weighted by Gasteiger charge is 2.14. The molecule has 2 atom stereocenters. The molecule has 1 aromatic carbocycles. The molecular formula is C16H25N3O2. The monoisotopic (exact) mass is 291 g/mol. The van der Waals surface area contributed by atoms with Gasteiger partial charge in [-0.3, -0.25) is 9.59 Å². The predicted molar refractivity (Wildman–Crippen MR) is 85.2 cm³/mol. The van der Waals surface area contributed by atoms with Crippen LogP contribution in [0.2, 0.25) is 0 Å². The smallest absolute Gasteiger partial charge is 0.253 e. The zero-order valence-corrected chi connectivity index (χ0v) is 13.0. The number of carbonyl (C=O) groups excluding carboxylic acids is 2. The molecule has 0 heterocycles. The number of rotatable bonds is 7. The molecule has 0 spiro atoms. The average Bonchev–Trinajstić information content (AvgIpc) is 2.45. The molecule has 4 N–H and O–H groups in total. The third-order valence-corrected chi connectivity index (χ3v) is 3.26. The van der Waals surface area contributed by atoms with E-state index in [0.717, 1.165) is 6.42 Å². The second-order valence-corrected chi connectivity index (χ2v) is 5.39. The van der Waals surface area contributed by atoms with Crippen molar-refractivity contribution in [3.63, 3.8) is 0 Å². The summed E-state index contributed by atoms with van der Waals surface area (Å²) in [6, 6.07) is 7.09. The molecule has 1 rings (SSSR count). The van der Waals surface area contributed by atoms with Gasteiger partial charge in [0.15, 0.2) is 0 Å². The van der Waals surface area contributed by atoms with Gasteiger partial charge in [-0.2, -0.15) is 0 Å². The molecule has 2 unspecified atom stereocenters. The van der Waals surface area contributed by atoms with Crippen LogP contribution >= 0.6 is 0 Å². The number of nitrogens with one attached hydrogen (secondary N) is 2. The molecule has 0 fully saturated rings. The van der Waals surface area contributed by atoms with Gasteiger partial charge < -0.3 is 16.4 Å². The van der Waals surface area contributed by atoms with Crippen LogP contribution in [0.4, 0.5) is 5.69 Å². The maximum Gasteiger partial charge on any atom is 0.253 e. The normalized spacial score (nSPS) is 13.3. The number of amides is 2. The highest BCUT2D eigenvalue weighted by Crippen LogP contribution is 2.16. The molecule has 0 radical (unpaired) electrons. The van der Waals surface area contributed by atoms with E-state index >= 15 is 0 Å². The Bertz CT molecular complexity index is 486. The van der Waals surface area contributed by atoms with Crippen LogP contribution in [0.5, 0.6) is 0 Å². The van der Waals surface area contributed by atoms with Crippen molar-refractivity contribution in [3.8, 4) is 0 Å². The van der Waals surface area contributed by atoms with Crippen LogP contribution in [0.1, 0.15) is 50.4 Å². The number of nitrogens with two attached hydrogens (primary N) is 1. The fourth-order valence-corrected chi connectivity index (χ4v) is 1.77. The van der Waals surface area contributed by atoms with E-state index in [4.69, 9.17) is 5.73 Å². The van der Waals surface area contributed by atoms with Gasteiger partial charge in [-0.1, -0.05) is 19.1 Å². The standard InChI is InChI=1S/C16H25N3O2/c1-4-12(3)18-16(21)13-7-5-6-8-14(13)19-15(20)10-9-11(2)17/h5-8,11-12H,4,9-10,17H2,1-3H3,(H,18,21)(H,19,20). The van der Waals surface area contributed by atoms with Crippen molar-refractivity contribution in [2.24, 2.45) is 5.73 Å². The summed E-state index contributed by atoms with van der Waals surface area (Å²) in [5.41, 5.74) is 6.65. The first kappa shape index (κ1) is 17.2. The third kappa shape index (κ3) is 5.95. The molecule has 21 heavy (non-hydrogen) atoms. The first-order chi connectivity index (χ1) is 9.93. The van der Waals surface area contributed by atoms with Crippen LogP contribution in [-0.2, 0) is 4.79 Å². The second-order valence-electron chi connectivity index (χ2n) is 5.39. The molecule has 0 aliphatic rings. The first-order valence-corrected chi connectivity index (χ1v) is 7.39. The zero-order valence-electron chi connectivity index (χ0n) is 13.0. The molecule has 0 aliphatic carbocycles. The molecule has 0 bridgehead atoms. The molecule has 5 heteroatoms. The molecule has 0 aromatic heterocycles. The minimum Gasteiger partial charge on any atom is -0.350 e. The van der Waals surface area contributed by atoms with Gasteiger partial charge in [-0.25, -0.2) is 0 Å². The summed E-state index contributed by atoms with van der Waals surface area (Å²) in [6.45, 7) is 5.81. The molecule has 5 nitrogen and oxygen atoms in total. The highest BCUT2D eigenvalue weighted by atomic mass is 16.2. The van der Waals surface area contributed by atoms with E-state index in [1.165, 1.54) is 0 Å². The maximum absolute atomic E-state index is 12.2. The SMILES string of the molecule is CCC(C)NC(=O)c1ccccc1NC(=O)CCC(C)N. The maximum atomic E-state index is 12.2. The third-order valence-electron chi connectivity index (χ3n) is 3.26. The van der Waals surface area contributed by atoms with Gasteiger partial charge in [0.2, 0.25) is 5.91 Å². The summed E-state index contributed by atoms with van der Waals surface area (Å²) in [5, 5.41) is 5.68. The summed E-state index contributed by atoms with van der Waals surface area (Å²) >= 11 is 0. The van der Waals surface area contributed by atoms with Crippen molar-refractivity contribution < 1.29 is 9.59 Å². The van der Waals surface area contributed by atoms with Crippen molar-refractivity contribution in [2.75, 3.05) is 5.32 Å². The topological polar surface area (TPSA) is 84.2 Å². The van der Waals surface area contributed by atoms with Gasteiger partial charge in [0.25, 0.3) is 5.91 Å². The van der Waals surface area contributed by atoms with Crippen LogP contribution in [0.25, 0.3) is 0 Å². The quantitative estimate of drug-likeness (QED) is 0.720. The largest absolute Gasteiger partial charge is 0.350 e. The number of hydrogen-bond donors (Lipinski definition) is 3. The molecular weight excluding hydrogens is 266 g/mol. The lowest BCUT2D eigenvalue weighted by Crippen LogP contribution is -2.32. The van der Waals surface area contributed by atoms with Crippen molar-refractivity contribution in [1.82, 2.24) is 5.32 Å². The lowest BCUT2D eigenvalue weighted by atomic mass is 10.1. The number of anilines is 1. The summed E-state index contributed by atoms with van der Waals surface area (Å²) in [7, 11) is 0. The molecule has 1 aromatic rings. The summed E-state index contributed by atoms with van der Waals surface area (Å²) < 4.78 is 0. The average molecular weight is 291 g/mol. The fourth-order valence-electron chi connectivity index (χ4n) is 1.77. The number of benzene rings is 1. The lowest BCUT2D eigenvalue weighted by Gasteiger charge is -2.15. The Labute approximate surface area is 126 Å². The van der Waals surface area contributed by atoms with Crippen molar-refractivity contribution in [3.05, 3.63) is 29.8 Å². The number of carbonyl (C=O) groups is 2. The Morgan fingerprint density at radius 1 is 1.24 bits per heavy atom. The Balaban J connectivity index is 2.75. The number of para-hydroxylation sites is 1. The minimum atomic E-state index is -0.174. The van der Waals surface area contributed by atoms with Gasteiger partial charge >= 0.3 is 0 Å². The summed E-state index contributed by atoms with van der Waals surface area (Å²) in [5.74, 6) is -0.302. The summed E-state index contributed by atoms with van der Waals surface area (Å²) in [6.07, 6.45) is 1.82. The van der Waals surface area contributed by atoms with Gasteiger partial charge in [-0.15, -0.1) is 0 Å². The number of hydrogen-bond acceptors (Lipinski definition) is 3. The van der Waals surface area contributed by atoms with Gasteiger partial charge in [-0.05, 0) is 38.8 Å². The van der Waals surface area contributed by atoms with E-state index < -0.39 is 0 Å². The van der Waals surface area contributed by atoms with Crippen molar-refractivity contribution in [1.29, 1.82) is 0 Å². The Kier molecular flexibility index (Phi) is 6.88. The van der Waals surface area contributed by atoms with Crippen LogP contribution in [0, 0.1) is 0 Å². The molecule has 2 amide bonds. The Morgan fingerprint density at radius 3 is 2.52 bits per heavy atom. The van der Waals surface area contributed by atoms with E-state index in [0.29, 0.717) is 24.1 Å². The van der Waals surface area contributed by atoms with Crippen LogP contribution in [0.15, 0.2) is 24.3 Å². The molecule has 0 saturated carbocycles. The Hall–Kier alpha value is -1.88. The Morgan fingerprint density at radius 2 is 1.90 bits per heavy atom. The van der Waals surface area contributed by atoms with Crippen molar-refractivity contribution >= 4 is 17.5 Å². The highest BCUT2D eigenvalue weighted by molar-refractivity contribution is 6.03. The van der Waals surface area contributed by atoms with Gasteiger partial charge in [0.1, 0.15) is 0 Å². The lowest BCUT2D eigenvalue weighted by molar-refractivity contribution is -0.116. The summed E-state index contributed by atoms with van der Waals surface area (Å²) in [4.78, 5) is 24.1. The van der Waals surface area contributed by atoms with Crippen molar-refractivity contribution in [2.45, 2.75) is 52.1 Å². The second kappa shape index (κ2) is 8.42. The van der Waals surface area contributed by atoms with Crippen LogP contribution < -0.4 is 16.4 Å². The fraction of sp³-hybridized carbons (Fsp3) is 0.500. The van der Waals surface area contributed by atoms with E-state index in [2.05, 4.69) is 10.6 Å². The van der Waals surface area contributed by atoms with E-state index in [9.17, 15) is 9.59 Å². The van der Waals surface area contributed by atoms with E-state index in [1.807, 2.05) is 20.8 Å². The molecule has 116 valence electrons. The van der Waals surface area contributed by atoms with Crippen LogP contribution in [0.3, 0.4) is 0 Å².